The minimum absolute atomic E-state index is 0.0802. The lowest BCUT2D eigenvalue weighted by Gasteiger charge is -2.18. The summed E-state index contributed by atoms with van der Waals surface area (Å²) in [6.07, 6.45) is 29.6. The maximum atomic E-state index is 6.07. The van der Waals surface area contributed by atoms with Crippen LogP contribution in [-0.2, 0) is 14.2 Å². The molecule has 0 saturated carbocycles. The Morgan fingerprint density at radius 3 is 1.14 bits per heavy atom. The molecule has 0 aliphatic carbocycles. The summed E-state index contributed by atoms with van der Waals surface area (Å²) in [5.74, 6) is 0. The van der Waals surface area contributed by atoms with E-state index in [4.69, 9.17) is 14.2 Å². The average Bonchev–Trinajstić information content (AvgIpc) is 2.87. The molecular weight excluding hydrogens is 500 g/mol. The summed E-state index contributed by atoms with van der Waals surface area (Å²) in [6, 6.07) is 0. The fourth-order valence-electron chi connectivity index (χ4n) is 4.40. The van der Waals surface area contributed by atoms with E-state index in [1.165, 1.54) is 128 Å². The Morgan fingerprint density at radius 2 is 0.771 bits per heavy atom. The molecule has 3 nitrogen and oxygen atoms in total. The minimum atomic E-state index is 0.0802. The molecule has 0 atom stereocenters. The maximum absolute atomic E-state index is 6.07. The topological polar surface area (TPSA) is 27.7 Å². The van der Waals surface area contributed by atoms with Gasteiger partial charge in [0.05, 0.1) is 13.2 Å². The van der Waals surface area contributed by atoms with Crippen LogP contribution in [0, 0.1) is 0 Å². The highest BCUT2D eigenvalue weighted by Gasteiger charge is 2.10. The summed E-state index contributed by atoms with van der Waals surface area (Å²) < 4.78 is 18.0. The van der Waals surface area contributed by atoms with Crippen molar-refractivity contribution in [3.8, 4) is 0 Å². The van der Waals surface area contributed by atoms with Gasteiger partial charge in [0.25, 0.3) is 0 Å². The molecule has 0 radical (unpaired) electrons. The highest BCUT2D eigenvalue weighted by atomic mass is 79.9. The number of ether oxygens (including phenoxy) is 3. The number of unbranched alkanes of at least 4 members (excludes halogenated alkanes) is 19. The Balaban J connectivity index is 3.65. The Hall–Kier alpha value is 0.360. The lowest BCUT2D eigenvalue weighted by Crippen LogP contribution is -2.27. The van der Waals surface area contributed by atoms with Crippen LogP contribution in [0.4, 0.5) is 0 Å². The smallest absolute Gasteiger partial charge is 0.104 e. The third-order valence-corrected chi connectivity index (χ3v) is 7.33. The van der Waals surface area contributed by atoms with Crippen molar-refractivity contribution < 1.29 is 14.2 Å². The lowest BCUT2D eigenvalue weighted by molar-refractivity contribution is -0.0613. The van der Waals surface area contributed by atoms with Gasteiger partial charge in [0, 0.05) is 25.2 Å². The van der Waals surface area contributed by atoms with E-state index in [1.807, 2.05) is 0 Å². The normalized spacial score (nSPS) is 11.7. The Labute approximate surface area is 229 Å². The van der Waals surface area contributed by atoms with Gasteiger partial charge in [-0.2, -0.15) is 0 Å². The van der Waals surface area contributed by atoms with Gasteiger partial charge >= 0.3 is 0 Å². The zero-order chi connectivity index (χ0) is 25.5. The van der Waals surface area contributed by atoms with Gasteiger partial charge in [-0.15, -0.1) is 0 Å². The van der Waals surface area contributed by atoms with Gasteiger partial charge in [-0.25, -0.2) is 0 Å². The second kappa shape index (κ2) is 32.4. The molecule has 0 heterocycles. The molecule has 0 aliphatic heterocycles. The van der Waals surface area contributed by atoms with Crippen molar-refractivity contribution in [1.82, 2.24) is 0 Å². The summed E-state index contributed by atoms with van der Waals surface area (Å²) in [4.78, 5) is 0. The van der Waals surface area contributed by atoms with E-state index < -0.39 is 0 Å². The van der Waals surface area contributed by atoms with E-state index in [1.54, 1.807) is 0 Å². The van der Waals surface area contributed by atoms with Crippen LogP contribution in [0.25, 0.3) is 0 Å². The highest BCUT2D eigenvalue weighted by molar-refractivity contribution is 9.09. The molecular formula is C31H63BrO3. The monoisotopic (exact) mass is 562 g/mol. The van der Waals surface area contributed by atoms with Crippen molar-refractivity contribution in [3.63, 3.8) is 0 Å². The highest BCUT2D eigenvalue weighted by Crippen LogP contribution is 2.12. The van der Waals surface area contributed by atoms with E-state index in [0.717, 1.165) is 38.0 Å². The molecule has 0 unspecified atom stereocenters. The van der Waals surface area contributed by atoms with Crippen molar-refractivity contribution in [1.29, 1.82) is 0 Å². The van der Waals surface area contributed by atoms with E-state index in [2.05, 4.69) is 29.8 Å². The van der Waals surface area contributed by atoms with Gasteiger partial charge in [-0.05, 0) is 25.7 Å². The average molecular weight is 564 g/mol. The maximum Gasteiger partial charge on any atom is 0.104 e. The Kier molecular flexibility index (Phi) is 32.7. The van der Waals surface area contributed by atoms with Crippen LogP contribution in [0.15, 0.2) is 0 Å². The van der Waals surface area contributed by atoms with Crippen LogP contribution >= 0.6 is 15.9 Å². The predicted octanol–water partition coefficient (Wildman–Crippen LogP) is 10.4. The summed E-state index contributed by atoms with van der Waals surface area (Å²) in [5, 5.41) is 1.05. The van der Waals surface area contributed by atoms with Crippen LogP contribution in [-0.4, -0.2) is 44.5 Å². The predicted molar refractivity (Wildman–Crippen MR) is 158 cm³/mol. The zero-order valence-electron chi connectivity index (χ0n) is 24.0. The molecule has 0 saturated heterocycles. The SMILES string of the molecule is CCCCCCCCCCCCOCC(COCCCCCCCCCCCC)OCCCCBr. The number of halogens is 1. The molecule has 35 heavy (non-hydrogen) atoms. The molecule has 0 rings (SSSR count). The second-order valence-corrected chi connectivity index (χ2v) is 11.2. The van der Waals surface area contributed by atoms with Gasteiger partial charge in [-0.3, -0.25) is 0 Å². The quantitative estimate of drug-likeness (QED) is 0.0620. The van der Waals surface area contributed by atoms with Gasteiger partial charge in [0.2, 0.25) is 0 Å². The molecule has 0 aliphatic rings. The molecule has 0 aromatic carbocycles. The van der Waals surface area contributed by atoms with Crippen LogP contribution in [0.5, 0.6) is 0 Å². The van der Waals surface area contributed by atoms with Crippen LogP contribution in [0.3, 0.4) is 0 Å². The molecule has 4 heteroatoms. The molecule has 0 spiro atoms. The number of hydrogen-bond acceptors (Lipinski definition) is 3. The number of alkyl halides is 1. The summed E-state index contributed by atoms with van der Waals surface area (Å²) in [6.45, 7) is 8.43. The molecule has 0 fully saturated rings. The van der Waals surface area contributed by atoms with Crippen molar-refractivity contribution in [2.75, 3.05) is 38.4 Å². The van der Waals surface area contributed by atoms with E-state index in [-0.39, 0.29) is 6.10 Å². The fourth-order valence-corrected chi connectivity index (χ4v) is 4.80. The van der Waals surface area contributed by atoms with E-state index >= 15 is 0 Å². The fraction of sp³-hybridized carbons (Fsp3) is 1.00. The van der Waals surface area contributed by atoms with Crippen molar-refractivity contribution in [3.05, 3.63) is 0 Å². The zero-order valence-corrected chi connectivity index (χ0v) is 25.6. The van der Waals surface area contributed by atoms with Crippen LogP contribution in [0.2, 0.25) is 0 Å². The first-order chi connectivity index (χ1) is 17.3. The largest absolute Gasteiger partial charge is 0.379 e. The first-order valence-corrected chi connectivity index (χ1v) is 16.8. The van der Waals surface area contributed by atoms with Crippen molar-refractivity contribution >= 4 is 15.9 Å². The van der Waals surface area contributed by atoms with Gasteiger partial charge in [0.15, 0.2) is 0 Å². The standard InChI is InChI=1S/C31H63BrO3/c1-3-5-7-9-11-13-15-17-19-22-26-33-29-31(35-28-24-21-25-32)30-34-27-23-20-18-16-14-12-10-8-6-4-2/h31H,3-30H2,1-2H3. The first-order valence-electron chi connectivity index (χ1n) is 15.7. The second-order valence-electron chi connectivity index (χ2n) is 10.4. The molecule has 0 aromatic rings. The third kappa shape index (κ3) is 30.5. The van der Waals surface area contributed by atoms with Crippen LogP contribution in [0.1, 0.15) is 155 Å². The minimum Gasteiger partial charge on any atom is -0.379 e. The molecule has 212 valence electrons. The number of hydrogen-bond donors (Lipinski definition) is 0. The third-order valence-electron chi connectivity index (χ3n) is 6.77. The van der Waals surface area contributed by atoms with Gasteiger partial charge in [-0.1, -0.05) is 145 Å². The molecule has 0 amide bonds. The van der Waals surface area contributed by atoms with E-state index in [0.29, 0.717) is 13.2 Å². The lowest BCUT2D eigenvalue weighted by atomic mass is 10.1. The molecule has 0 bridgehead atoms. The van der Waals surface area contributed by atoms with Gasteiger partial charge in [0.1, 0.15) is 6.10 Å². The van der Waals surface area contributed by atoms with E-state index in [9.17, 15) is 0 Å². The first kappa shape index (κ1) is 35.4. The molecule has 0 aromatic heterocycles. The van der Waals surface area contributed by atoms with Crippen molar-refractivity contribution in [2.24, 2.45) is 0 Å². The molecule has 0 N–H and O–H groups in total. The van der Waals surface area contributed by atoms with Gasteiger partial charge < -0.3 is 14.2 Å². The van der Waals surface area contributed by atoms with Crippen molar-refractivity contribution in [2.45, 2.75) is 161 Å². The summed E-state index contributed by atoms with van der Waals surface area (Å²) >= 11 is 3.50. The number of rotatable bonds is 31. The summed E-state index contributed by atoms with van der Waals surface area (Å²) in [5.41, 5.74) is 0. The Morgan fingerprint density at radius 1 is 0.429 bits per heavy atom. The van der Waals surface area contributed by atoms with Crippen LogP contribution < -0.4 is 0 Å². The Bertz CT molecular complexity index is 339. The summed E-state index contributed by atoms with van der Waals surface area (Å²) in [7, 11) is 0.